The molecule has 0 fully saturated rings. The molecule has 1 N–H and O–H groups in total. The molecule has 1 aromatic carbocycles. The molecule has 0 spiro atoms. The zero-order valence-corrected chi connectivity index (χ0v) is 13.5. The second kappa shape index (κ2) is 5.15. The Morgan fingerprint density at radius 2 is 2.10 bits per heavy atom. The Morgan fingerprint density at radius 3 is 2.86 bits per heavy atom. The van der Waals surface area contributed by atoms with Crippen LogP contribution in [-0.4, -0.2) is 23.0 Å². The lowest BCUT2D eigenvalue weighted by atomic mass is 9.98. The molecular weight excluding hydrogens is 330 g/mol. The third kappa shape index (κ3) is 2.78. The van der Waals surface area contributed by atoms with Crippen LogP contribution in [0.3, 0.4) is 0 Å². The minimum absolute atomic E-state index is 0.0363. The summed E-state index contributed by atoms with van der Waals surface area (Å²) in [5.74, 6) is -0.0363. The van der Waals surface area contributed by atoms with E-state index in [-0.39, 0.29) is 11.4 Å². The Hall–Kier alpha value is -1.88. The Balaban J connectivity index is 2.03. The SMILES string of the molecule is CC1(C)CN(C(=O)c2cncc(Br)c2)c2ccccc2N1. The lowest BCUT2D eigenvalue weighted by Gasteiger charge is -2.40. The van der Waals surface area contributed by atoms with Crippen molar-refractivity contribution in [2.24, 2.45) is 0 Å². The number of hydrogen-bond donors (Lipinski definition) is 1. The second-order valence-corrected chi connectivity index (χ2v) is 6.72. The van der Waals surface area contributed by atoms with Crippen molar-refractivity contribution in [3.63, 3.8) is 0 Å². The van der Waals surface area contributed by atoms with Gasteiger partial charge in [0, 0.05) is 29.0 Å². The van der Waals surface area contributed by atoms with Gasteiger partial charge in [-0.25, -0.2) is 0 Å². The summed E-state index contributed by atoms with van der Waals surface area (Å²) in [6.45, 7) is 4.78. The lowest BCUT2D eigenvalue weighted by Crippen LogP contribution is -2.50. The summed E-state index contributed by atoms with van der Waals surface area (Å²) in [5, 5.41) is 3.47. The van der Waals surface area contributed by atoms with Crippen molar-refractivity contribution in [2.75, 3.05) is 16.8 Å². The van der Waals surface area contributed by atoms with Gasteiger partial charge in [0.15, 0.2) is 0 Å². The zero-order valence-electron chi connectivity index (χ0n) is 11.9. The van der Waals surface area contributed by atoms with Gasteiger partial charge in [-0.2, -0.15) is 0 Å². The largest absolute Gasteiger partial charge is 0.377 e. The third-order valence-electron chi connectivity index (χ3n) is 3.42. The van der Waals surface area contributed by atoms with Gasteiger partial charge in [0.1, 0.15) is 0 Å². The van der Waals surface area contributed by atoms with Crippen LogP contribution >= 0.6 is 15.9 Å². The molecule has 4 nitrogen and oxygen atoms in total. The fourth-order valence-corrected chi connectivity index (χ4v) is 2.93. The van der Waals surface area contributed by atoms with Crippen molar-refractivity contribution in [1.82, 2.24) is 4.98 Å². The lowest BCUT2D eigenvalue weighted by molar-refractivity contribution is 0.0981. The first-order chi connectivity index (χ1) is 9.96. The van der Waals surface area contributed by atoms with Gasteiger partial charge in [0.2, 0.25) is 0 Å². The predicted octanol–water partition coefficient (Wildman–Crippen LogP) is 3.70. The fraction of sp³-hybridized carbons (Fsp3) is 0.250. The highest BCUT2D eigenvalue weighted by molar-refractivity contribution is 9.10. The van der Waals surface area contributed by atoms with E-state index in [1.807, 2.05) is 29.2 Å². The summed E-state index contributed by atoms with van der Waals surface area (Å²) in [5.41, 5.74) is 2.28. The second-order valence-electron chi connectivity index (χ2n) is 5.81. The summed E-state index contributed by atoms with van der Waals surface area (Å²) in [4.78, 5) is 18.7. The molecule has 1 aromatic heterocycles. The molecule has 0 saturated heterocycles. The van der Waals surface area contributed by atoms with Crippen molar-refractivity contribution < 1.29 is 4.79 Å². The molecule has 3 rings (SSSR count). The summed E-state index contributed by atoms with van der Waals surface area (Å²) in [6, 6.07) is 9.67. The van der Waals surface area contributed by atoms with Gasteiger partial charge in [-0.05, 0) is 48.0 Å². The van der Waals surface area contributed by atoms with Gasteiger partial charge in [0.25, 0.3) is 5.91 Å². The van der Waals surface area contributed by atoms with Gasteiger partial charge in [0.05, 0.1) is 16.9 Å². The summed E-state index contributed by atoms with van der Waals surface area (Å²) in [6.07, 6.45) is 3.27. The number of carbonyl (C=O) groups is 1. The molecular formula is C16H16BrN3O. The number of aromatic nitrogens is 1. The number of halogens is 1. The number of carbonyl (C=O) groups excluding carboxylic acids is 1. The van der Waals surface area contributed by atoms with Crippen LogP contribution in [0.4, 0.5) is 11.4 Å². The number of hydrogen-bond acceptors (Lipinski definition) is 3. The molecule has 0 unspecified atom stereocenters. The highest BCUT2D eigenvalue weighted by Crippen LogP contribution is 2.35. The van der Waals surface area contributed by atoms with Crippen molar-refractivity contribution in [2.45, 2.75) is 19.4 Å². The van der Waals surface area contributed by atoms with Gasteiger partial charge >= 0.3 is 0 Å². The molecule has 2 aromatic rings. The highest BCUT2D eigenvalue weighted by atomic mass is 79.9. The van der Waals surface area contributed by atoms with Crippen LogP contribution in [0.2, 0.25) is 0 Å². The van der Waals surface area contributed by atoms with E-state index in [0.717, 1.165) is 15.8 Å². The van der Waals surface area contributed by atoms with Crippen LogP contribution < -0.4 is 10.2 Å². The molecule has 1 aliphatic rings. The zero-order chi connectivity index (χ0) is 15.0. The average Bonchev–Trinajstić information content (AvgIpc) is 2.44. The van der Waals surface area contributed by atoms with E-state index in [9.17, 15) is 4.79 Å². The van der Waals surface area contributed by atoms with Crippen LogP contribution in [0.25, 0.3) is 0 Å². The number of anilines is 2. The summed E-state index contributed by atoms with van der Waals surface area (Å²) < 4.78 is 0.802. The number of nitrogens with one attached hydrogen (secondary N) is 1. The molecule has 0 bridgehead atoms. The fourth-order valence-electron chi connectivity index (χ4n) is 2.57. The normalized spacial score (nSPS) is 16.0. The third-order valence-corrected chi connectivity index (χ3v) is 3.85. The van der Waals surface area contributed by atoms with Gasteiger partial charge in [-0.3, -0.25) is 9.78 Å². The molecule has 0 aliphatic carbocycles. The number of pyridine rings is 1. The van der Waals surface area contributed by atoms with Crippen LogP contribution in [0, 0.1) is 0 Å². The topological polar surface area (TPSA) is 45.2 Å². The first-order valence-electron chi connectivity index (χ1n) is 6.76. The van der Waals surface area contributed by atoms with Crippen LogP contribution in [0.5, 0.6) is 0 Å². The van der Waals surface area contributed by atoms with Crippen molar-refractivity contribution in [3.05, 3.63) is 52.8 Å². The average molecular weight is 346 g/mol. The minimum Gasteiger partial charge on any atom is -0.377 e. The van der Waals surface area contributed by atoms with Crippen LogP contribution in [0.1, 0.15) is 24.2 Å². The Bertz CT molecular complexity index is 699. The quantitative estimate of drug-likeness (QED) is 0.857. The van der Waals surface area contributed by atoms with E-state index in [2.05, 4.69) is 40.1 Å². The molecule has 0 atom stereocenters. The smallest absolute Gasteiger partial charge is 0.260 e. The monoisotopic (exact) mass is 345 g/mol. The van der Waals surface area contributed by atoms with Gasteiger partial charge in [-0.1, -0.05) is 12.1 Å². The highest BCUT2D eigenvalue weighted by Gasteiger charge is 2.33. The first-order valence-corrected chi connectivity index (χ1v) is 7.55. The van der Waals surface area contributed by atoms with Crippen molar-refractivity contribution in [3.8, 4) is 0 Å². The molecule has 108 valence electrons. The number of rotatable bonds is 1. The van der Waals surface area contributed by atoms with E-state index in [0.29, 0.717) is 12.1 Å². The number of amides is 1. The number of fused-ring (bicyclic) bond motifs is 1. The molecule has 2 heterocycles. The number of para-hydroxylation sites is 2. The maximum Gasteiger partial charge on any atom is 0.260 e. The van der Waals surface area contributed by atoms with Crippen LogP contribution in [-0.2, 0) is 0 Å². The number of nitrogens with zero attached hydrogens (tertiary/aromatic N) is 2. The van der Waals surface area contributed by atoms with Crippen molar-refractivity contribution in [1.29, 1.82) is 0 Å². The van der Waals surface area contributed by atoms with E-state index >= 15 is 0 Å². The molecule has 0 radical (unpaired) electrons. The molecule has 5 heteroatoms. The van der Waals surface area contributed by atoms with E-state index in [1.165, 1.54) is 0 Å². The predicted molar refractivity (Wildman–Crippen MR) is 87.8 cm³/mol. The Morgan fingerprint density at radius 1 is 1.33 bits per heavy atom. The Labute approximate surface area is 132 Å². The van der Waals surface area contributed by atoms with Crippen molar-refractivity contribution >= 4 is 33.2 Å². The molecule has 1 aliphatic heterocycles. The minimum atomic E-state index is -0.177. The van der Waals surface area contributed by atoms with Gasteiger partial charge in [-0.15, -0.1) is 0 Å². The van der Waals surface area contributed by atoms with Gasteiger partial charge < -0.3 is 10.2 Å². The Kier molecular flexibility index (Phi) is 3.45. The van der Waals surface area contributed by atoms with E-state index < -0.39 is 0 Å². The summed E-state index contributed by atoms with van der Waals surface area (Å²) in [7, 11) is 0. The van der Waals surface area contributed by atoms with Crippen LogP contribution in [0.15, 0.2) is 47.2 Å². The van der Waals surface area contributed by atoms with E-state index in [1.54, 1.807) is 18.5 Å². The summed E-state index contributed by atoms with van der Waals surface area (Å²) >= 11 is 3.36. The first kappa shape index (κ1) is 14.1. The van der Waals surface area contributed by atoms with E-state index in [4.69, 9.17) is 0 Å². The maximum absolute atomic E-state index is 12.8. The number of benzene rings is 1. The maximum atomic E-state index is 12.8. The molecule has 0 saturated carbocycles. The standard InChI is InChI=1S/C16H16BrN3O/c1-16(2)10-20(14-6-4-3-5-13(14)19-16)15(21)11-7-12(17)9-18-8-11/h3-9,19H,10H2,1-2H3. The molecule has 1 amide bonds. The molecule has 21 heavy (non-hydrogen) atoms.